The minimum absolute atomic E-state index is 0.127. The number of hydrogen-bond acceptors (Lipinski definition) is 3. The van der Waals surface area contributed by atoms with Crippen molar-refractivity contribution in [2.75, 3.05) is 26.2 Å². The van der Waals surface area contributed by atoms with Crippen molar-refractivity contribution in [2.24, 2.45) is 5.41 Å². The van der Waals surface area contributed by atoms with E-state index in [9.17, 15) is 22.4 Å². The van der Waals surface area contributed by atoms with E-state index in [0.29, 0.717) is 5.41 Å². The molecule has 2 saturated heterocycles. The van der Waals surface area contributed by atoms with E-state index in [-0.39, 0.29) is 11.7 Å². The fraction of sp³-hybridized carbons (Fsp3) is 0.462. The van der Waals surface area contributed by atoms with Gasteiger partial charge in [0.15, 0.2) is 0 Å². The number of carbonyl (C=O) groups is 2. The molecule has 1 N–H and O–H groups in total. The molecule has 2 heterocycles. The van der Waals surface area contributed by atoms with Crippen LogP contribution < -0.4 is 0 Å². The molecule has 0 saturated carbocycles. The Balaban J connectivity index is 0.000000429. The third kappa shape index (κ3) is 7.27. The number of piperidine rings is 2. The lowest BCUT2D eigenvalue weighted by Gasteiger charge is -2.47. The summed E-state index contributed by atoms with van der Waals surface area (Å²) in [5, 5.41) is 7.12. The molecule has 9 heteroatoms. The van der Waals surface area contributed by atoms with E-state index in [1.807, 2.05) is 54.3 Å². The highest BCUT2D eigenvalue weighted by molar-refractivity contribution is 5.94. The predicted molar refractivity (Wildman–Crippen MR) is 123 cm³/mol. The first-order chi connectivity index (χ1) is 16.5. The van der Waals surface area contributed by atoms with Gasteiger partial charge in [0.05, 0.1) is 0 Å². The van der Waals surface area contributed by atoms with Gasteiger partial charge in [-0.3, -0.25) is 9.69 Å². The first kappa shape index (κ1) is 26.7. The van der Waals surface area contributed by atoms with Gasteiger partial charge in [0.1, 0.15) is 5.82 Å². The minimum Gasteiger partial charge on any atom is -0.475 e. The molecule has 0 radical (unpaired) electrons. The summed E-state index contributed by atoms with van der Waals surface area (Å²) in [4.78, 5) is 26.1. The van der Waals surface area contributed by atoms with Crippen LogP contribution in [-0.2, 0) is 11.3 Å². The molecule has 2 fully saturated rings. The van der Waals surface area contributed by atoms with Crippen molar-refractivity contribution in [3.05, 3.63) is 71.0 Å². The Hall–Kier alpha value is -2.94. The van der Waals surface area contributed by atoms with Gasteiger partial charge < -0.3 is 10.0 Å². The minimum atomic E-state index is -5.08. The topological polar surface area (TPSA) is 60.9 Å². The number of likely N-dealkylation sites (tertiary alicyclic amines) is 2. The van der Waals surface area contributed by atoms with Crippen molar-refractivity contribution >= 4 is 11.9 Å². The van der Waals surface area contributed by atoms with Gasteiger partial charge in [-0.2, -0.15) is 13.2 Å². The molecule has 0 aromatic heterocycles. The molecule has 5 nitrogen and oxygen atoms in total. The fourth-order valence-corrected chi connectivity index (χ4v) is 4.70. The number of alkyl halides is 3. The highest BCUT2D eigenvalue weighted by atomic mass is 19.4. The summed E-state index contributed by atoms with van der Waals surface area (Å²) in [5.74, 6) is -2.72. The highest BCUT2D eigenvalue weighted by Crippen LogP contribution is 2.41. The number of amides is 1. The summed E-state index contributed by atoms with van der Waals surface area (Å²) in [6, 6.07) is 15.1. The third-order valence-electron chi connectivity index (χ3n) is 6.92. The van der Waals surface area contributed by atoms with Crippen molar-refractivity contribution in [3.8, 4) is 0 Å². The van der Waals surface area contributed by atoms with Gasteiger partial charge in [-0.1, -0.05) is 30.3 Å². The molecule has 2 aromatic carbocycles. The Morgan fingerprint density at radius 1 is 0.943 bits per heavy atom. The van der Waals surface area contributed by atoms with Crippen molar-refractivity contribution in [1.82, 2.24) is 9.80 Å². The van der Waals surface area contributed by atoms with E-state index >= 15 is 0 Å². The molecular formula is C26H30F4N2O3. The van der Waals surface area contributed by atoms with Crippen molar-refractivity contribution in [2.45, 2.75) is 45.3 Å². The number of rotatable bonds is 3. The lowest BCUT2D eigenvalue weighted by atomic mass is 9.71. The van der Waals surface area contributed by atoms with Gasteiger partial charge in [-0.05, 0) is 80.4 Å². The van der Waals surface area contributed by atoms with Gasteiger partial charge >= 0.3 is 12.1 Å². The van der Waals surface area contributed by atoms with Crippen molar-refractivity contribution in [1.29, 1.82) is 0 Å². The Kier molecular flexibility index (Phi) is 8.53. The summed E-state index contributed by atoms with van der Waals surface area (Å²) in [6.45, 7) is 6.63. The van der Waals surface area contributed by atoms with Crippen LogP contribution in [0.3, 0.4) is 0 Å². The maximum atomic E-state index is 13.5. The number of aryl methyl sites for hydroxylation is 1. The predicted octanol–water partition coefficient (Wildman–Crippen LogP) is 5.29. The van der Waals surface area contributed by atoms with Crippen LogP contribution in [0.4, 0.5) is 17.6 Å². The Labute approximate surface area is 202 Å². The third-order valence-corrected chi connectivity index (χ3v) is 6.92. The van der Waals surface area contributed by atoms with Gasteiger partial charge in [0.25, 0.3) is 5.91 Å². The number of carbonyl (C=O) groups excluding carboxylic acids is 1. The van der Waals surface area contributed by atoms with Gasteiger partial charge in [0, 0.05) is 25.2 Å². The summed E-state index contributed by atoms with van der Waals surface area (Å²) in [7, 11) is 0. The number of benzene rings is 2. The van der Waals surface area contributed by atoms with Gasteiger partial charge in [0.2, 0.25) is 0 Å². The smallest absolute Gasteiger partial charge is 0.475 e. The standard InChI is InChI=1S/C24H29FN2O.C2HF3O2/c1-19-17-20(7-8-22(19)25)18-26-13-9-24(10-14-26)11-15-27(16-12-24)23(28)21-5-3-2-4-6-21;3-2(4,5)1(6)7/h2-8,17H,9-16,18H2,1H3;(H,6,7). The molecule has 1 spiro atoms. The van der Waals surface area contributed by atoms with E-state index in [1.54, 1.807) is 6.07 Å². The molecule has 0 bridgehead atoms. The van der Waals surface area contributed by atoms with Crippen LogP contribution >= 0.6 is 0 Å². The van der Waals surface area contributed by atoms with Crippen molar-refractivity contribution in [3.63, 3.8) is 0 Å². The first-order valence-corrected chi connectivity index (χ1v) is 11.6. The molecule has 0 atom stereocenters. The van der Waals surface area contributed by atoms with Crippen LogP contribution in [0.1, 0.15) is 47.2 Å². The monoisotopic (exact) mass is 494 g/mol. The largest absolute Gasteiger partial charge is 0.490 e. The van der Waals surface area contributed by atoms with Crippen LogP contribution in [0, 0.1) is 18.2 Å². The maximum absolute atomic E-state index is 13.5. The van der Waals surface area contributed by atoms with E-state index in [0.717, 1.165) is 56.7 Å². The fourth-order valence-electron chi connectivity index (χ4n) is 4.70. The second-order valence-electron chi connectivity index (χ2n) is 9.32. The van der Waals surface area contributed by atoms with Gasteiger partial charge in [-0.25, -0.2) is 9.18 Å². The van der Waals surface area contributed by atoms with E-state index in [4.69, 9.17) is 9.90 Å². The van der Waals surface area contributed by atoms with E-state index in [2.05, 4.69) is 4.90 Å². The normalized spacial score (nSPS) is 18.0. The summed E-state index contributed by atoms with van der Waals surface area (Å²) < 4.78 is 45.2. The quantitative estimate of drug-likeness (QED) is 0.590. The molecule has 190 valence electrons. The number of nitrogens with zero attached hydrogens (tertiary/aromatic N) is 2. The average molecular weight is 495 g/mol. The lowest BCUT2D eigenvalue weighted by Crippen LogP contribution is -2.48. The highest BCUT2D eigenvalue weighted by Gasteiger charge is 2.39. The number of halogens is 4. The molecule has 35 heavy (non-hydrogen) atoms. The number of carboxylic acid groups (broad SMARTS) is 1. The molecule has 4 rings (SSSR count). The summed E-state index contributed by atoms with van der Waals surface area (Å²) in [5.41, 5.74) is 3.10. The van der Waals surface area contributed by atoms with Gasteiger partial charge in [-0.15, -0.1) is 0 Å². The summed E-state index contributed by atoms with van der Waals surface area (Å²) in [6.07, 6.45) is -0.481. The Morgan fingerprint density at radius 3 is 2.00 bits per heavy atom. The number of carboxylic acids is 1. The van der Waals surface area contributed by atoms with E-state index < -0.39 is 12.1 Å². The first-order valence-electron chi connectivity index (χ1n) is 11.6. The van der Waals surface area contributed by atoms with Crippen LogP contribution in [0.5, 0.6) is 0 Å². The molecule has 0 unspecified atom stereocenters. The zero-order valence-corrected chi connectivity index (χ0v) is 19.7. The molecule has 1 amide bonds. The number of hydrogen-bond donors (Lipinski definition) is 1. The van der Waals surface area contributed by atoms with Crippen LogP contribution in [0.2, 0.25) is 0 Å². The van der Waals surface area contributed by atoms with Crippen molar-refractivity contribution < 1.29 is 32.3 Å². The second kappa shape index (κ2) is 11.2. The molecule has 0 aliphatic carbocycles. The molecular weight excluding hydrogens is 464 g/mol. The Bertz CT molecular complexity index is 1010. The Morgan fingerprint density at radius 2 is 1.49 bits per heavy atom. The van der Waals surface area contributed by atoms with Crippen LogP contribution in [-0.4, -0.2) is 59.1 Å². The second-order valence-corrected chi connectivity index (χ2v) is 9.32. The van der Waals surface area contributed by atoms with Crippen LogP contribution in [0.15, 0.2) is 48.5 Å². The zero-order chi connectivity index (χ0) is 25.6. The van der Waals surface area contributed by atoms with E-state index in [1.165, 1.54) is 18.4 Å². The SMILES string of the molecule is Cc1cc(CN2CCC3(CC2)CCN(C(=O)c2ccccc2)CC3)ccc1F.O=C(O)C(F)(F)F. The average Bonchev–Trinajstić information content (AvgIpc) is 2.83. The number of aliphatic carboxylic acids is 1. The molecule has 2 aliphatic heterocycles. The maximum Gasteiger partial charge on any atom is 0.490 e. The van der Waals surface area contributed by atoms with Crippen LogP contribution in [0.25, 0.3) is 0 Å². The zero-order valence-electron chi connectivity index (χ0n) is 19.7. The molecule has 2 aromatic rings. The lowest BCUT2D eigenvalue weighted by molar-refractivity contribution is -0.192. The molecule has 2 aliphatic rings. The summed E-state index contributed by atoms with van der Waals surface area (Å²) >= 11 is 0.